The zero-order valence-electron chi connectivity index (χ0n) is 11.6. The molecule has 2 aliphatic rings. The van der Waals surface area contributed by atoms with Gasteiger partial charge in [-0.25, -0.2) is 4.98 Å². The van der Waals surface area contributed by atoms with Gasteiger partial charge in [-0.05, 0) is 13.1 Å². The second-order valence-corrected chi connectivity index (χ2v) is 5.26. The fraction of sp³-hybridized carbons (Fsp3) is 0.538. The molecular weight excluding hydrogens is 274 g/mol. The number of morpholine rings is 1. The van der Waals surface area contributed by atoms with Crippen molar-refractivity contribution in [3.05, 3.63) is 27.9 Å². The molecule has 3 heterocycles. The minimum absolute atomic E-state index is 0.0240. The molecule has 110 valence electrons. The highest BCUT2D eigenvalue weighted by Gasteiger charge is 2.41. The van der Waals surface area contributed by atoms with E-state index < -0.39 is 4.92 Å². The van der Waals surface area contributed by atoms with Crippen LogP contribution in [0.2, 0.25) is 0 Å². The fourth-order valence-corrected chi connectivity index (χ4v) is 2.98. The van der Waals surface area contributed by atoms with Crippen LogP contribution in [-0.2, 0) is 4.74 Å². The number of likely N-dealkylation sites (N-methyl/N-ethyl adjacent to an activating group) is 1. The number of nitriles is 1. The van der Waals surface area contributed by atoms with Crippen LogP contribution in [0.1, 0.15) is 5.56 Å². The lowest BCUT2D eigenvalue weighted by molar-refractivity contribution is -0.384. The molecule has 2 aliphatic heterocycles. The molecule has 2 fully saturated rings. The zero-order valence-corrected chi connectivity index (χ0v) is 11.6. The van der Waals surface area contributed by atoms with E-state index in [4.69, 9.17) is 10.00 Å². The summed E-state index contributed by atoms with van der Waals surface area (Å²) < 4.78 is 5.73. The van der Waals surface area contributed by atoms with Crippen molar-refractivity contribution in [1.29, 1.82) is 5.26 Å². The van der Waals surface area contributed by atoms with Crippen LogP contribution in [0.15, 0.2) is 12.3 Å². The Morgan fingerprint density at radius 2 is 2.38 bits per heavy atom. The number of ether oxygens (including phenoxy) is 1. The molecule has 21 heavy (non-hydrogen) atoms. The maximum atomic E-state index is 11.3. The van der Waals surface area contributed by atoms with Gasteiger partial charge in [0.15, 0.2) is 0 Å². The number of fused-ring (bicyclic) bond motifs is 1. The maximum Gasteiger partial charge on any atom is 0.329 e. The lowest BCUT2D eigenvalue weighted by atomic mass is 10.1. The van der Waals surface area contributed by atoms with Crippen molar-refractivity contribution in [3.8, 4) is 6.07 Å². The summed E-state index contributed by atoms with van der Waals surface area (Å²) in [6.45, 7) is 2.68. The van der Waals surface area contributed by atoms with E-state index in [-0.39, 0.29) is 29.2 Å². The van der Waals surface area contributed by atoms with Crippen LogP contribution in [0.3, 0.4) is 0 Å². The Bertz CT molecular complexity index is 614. The molecule has 0 saturated carbocycles. The van der Waals surface area contributed by atoms with E-state index in [0.717, 1.165) is 6.54 Å². The van der Waals surface area contributed by atoms with Crippen molar-refractivity contribution in [3.63, 3.8) is 0 Å². The maximum absolute atomic E-state index is 11.3. The Morgan fingerprint density at radius 1 is 1.57 bits per heavy atom. The summed E-state index contributed by atoms with van der Waals surface area (Å²) in [6.07, 6.45) is 1.46. The van der Waals surface area contributed by atoms with Crippen LogP contribution in [0.5, 0.6) is 0 Å². The summed E-state index contributed by atoms with van der Waals surface area (Å²) >= 11 is 0. The van der Waals surface area contributed by atoms with Crippen LogP contribution < -0.4 is 4.90 Å². The number of anilines is 1. The molecule has 1 aromatic heterocycles. The summed E-state index contributed by atoms with van der Waals surface area (Å²) in [5, 5.41) is 20.3. The number of rotatable bonds is 2. The second-order valence-electron chi connectivity index (χ2n) is 5.26. The molecule has 0 amide bonds. The van der Waals surface area contributed by atoms with Gasteiger partial charge in [-0.1, -0.05) is 0 Å². The van der Waals surface area contributed by atoms with Crippen LogP contribution in [0, 0.1) is 21.4 Å². The Kier molecular flexibility index (Phi) is 3.45. The van der Waals surface area contributed by atoms with E-state index in [1.165, 1.54) is 12.3 Å². The first-order chi connectivity index (χ1) is 10.1. The SMILES string of the molecule is CN1CCOC2CN(c3nccc(C#N)c3[N+](=O)[O-])CC21. The van der Waals surface area contributed by atoms with E-state index in [0.29, 0.717) is 19.7 Å². The van der Waals surface area contributed by atoms with Gasteiger partial charge < -0.3 is 9.64 Å². The molecule has 0 aliphatic carbocycles. The predicted octanol–water partition coefficient (Wildman–Crippen LogP) is 0.381. The highest BCUT2D eigenvalue weighted by Crippen LogP contribution is 2.33. The lowest BCUT2D eigenvalue weighted by Gasteiger charge is -2.33. The number of pyridine rings is 1. The zero-order chi connectivity index (χ0) is 15.0. The van der Waals surface area contributed by atoms with E-state index in [1.807, 2.05) is 18.0 Å². The molecule has 3 rings (SSSR count). The third kappa shape index (κ3) is 2.30. The van der Waals surface area contributed by atoms with E-state index >= 15 is 0 Å². The number of hydrogen-bond acceptors (Lipinski definition) is 7. The van der Waals surface area contributed by atoms with Crippen molar-refractivity contribution in [2.45, 2.75) is 12.1 Å². The van der Waals surface area contributed by atoms with Crippen molar-refractivity contribution in [2.24, 2.45) is 0 Å². The third-order valence-electron chi connectivity index (χ3n) is 4.09. The number of nitro groups is 1. The molecule has 0 spiro atoms. The van der Waals surface area contributed by atoms with Crippen molar-refractivity contribution >= 4 is 11.5 Å². The molecule has 8 heteroatoms. The van der Waals surface area contributed by atoms with Crippen molar-refractivity contribution < 1.29 is 9.66 Å². The third-order valence-corrected chi connectivity index (χ3v) is 4.09. The van der Waals surface area contributed by atoms with Gasteiger partial charge in [-0.2, -0.15) is 5.26 Å². The smallest absolute Gasteiger partial charge is 0.329 e. The Morgan fingerprint density at radius 3 is 3.05 bits per heavy atom. The minimum Gasteiger partial charge on any atom is -0.373 e. The van der Waals surface area contributed by atoms with Gasteiger partial charge in [0.1, 0.15) is 11.6 Å². The Labute approximate surface area is 121 Å². The average molecular weight is 289 g/mol. The molecule has 1 aromatic rings. The molecule has 0 aromatic carbocycles. The number of hydrogen-bond donors (Lipinski definition) is 0. The molecule has 2 unspecified atom stereocenters. The number of nitrogens with zero attached hydrogens (tertiary/aromatic N) is 5. The molecule has 8 nitrogen and oxygen atoms in total. The van der Waals surface area contributed by atoms with E-state index in [2.05, 4.69) is 9.88 Å². The summed E-state index contributed by atoms with van der Waals surface area (Å²) in [7, 11) is 2.03. The van der Waals surface area contributed by atoms with Gasteiger partial charge in [0.05, 0.1) is 23.7 Å². The van der Waals surface area contributed by atoms with Gasteiger partial charge in [0.25, 0.3) is 0 Å². The van der Waals surface area contributed by atoms with Crippen molar-refractivity contribution in [2.75, 3.05) is 38.2 Å². The van der Waals surface area contributed by atoms with E-state index in [1.54, 1.807) is 0 Å². The normalized spacial score (nSPS) is 25.4. The summed E-state index contributed by atoms with van der Waals surface area (Å²) in [5.41, 5.74) is -0.185. The Balaban J connectivity index is 1.95. The van der Waals surface area contributed by atoms with Crippen LogP contribution in [0.25, 0.3) is 0 Å². The largest absolute Gasteiger partial charge is 0.373 e. The first-order valence-electron chi connectivity index (χ1n) is 6.72. The number of aromatic nitrogens is 1. The average Bonchev–Trinajstić information content (AvgIpc) is 2.91. The summed E-state index contributed by atoms with van der Waals surface area (Å²) in [4.78, 5) is 18.9. The molecule has 0 radical (unpaired) electrons. The van der Waals surface area contributed by atoms with E-state index in [9.17, 15) is 10.1 Å². The van der Waals surface area contributed by atoms with Crippen LogP contribution in [0.4, 0.5) is 11.5 Å². The van der Waals surface area contributed by atoms with Crippen LogP contribution in [-0.4, -0.2) is 60.2 Å². The monoisotopic (exact) mass is 289 g/mol. The quantitative estimate of drug-likeness (QED) is 0.573. The summed E-state index contributed by atoms with van der Waals surface area (Å²) in [6, 6.07) is 3.43. The fourth-order valence-electron chi connectivity index (χ4n) is 2.98. The second kappa shape index (κ2) is 5.27. The van der Waals surface area contributed by atoms with Crippen LogP contribution >= 0.6 is 0 Å². The molecule has 2 atom stereocenters. The van der Waals surface area contributed by atoms with Gasteiger partial charge in [-0.3, -0.25) is 15.0 Å². The lowest BCUT2D eigenvalue weighted by Crippen LogP contribution is -2.48. The minimum atomic E-state index is -0.534. The molecule has 2 saturated heterocycles. The first kappa shape index (κ1) is 13.7. The highest BCUT2D eigenvalue weighted by atomic mass is 16.6. The van der Waals surface area contributed by atoms with Gasteiger partial charge in [-0.15, -0.1) is 0 Å². The molecular formula is C13H15N5O3. The van der Waals surface area contributed by atoms with Gasteiger partial charge in [0.2, 0.25) is 5.82 Å². The molecule has 0 N–H and O–H groups in total. The first-order valence-corrected chi connectivity index (χ1v) is 6.72. The predicted molar refractivity (Wildman–Crippen MR) is 74.0 cm³/mol. The molecule has 0 bridgehead atoms. The van der Waals surface area contributed by atoms with Crippen molar-refractivity contribution in [1.82, 2.24) is 9.88 Å². The topological polar surface area (TPSA) is 95.5 Å². The standard InChI is InChI=1S/C13H15N5O3/c1-16-4-5-21-11-8-17(7-10(11)16)13-12(18(19)20)9(6-14)2-3-15-13/h2-3,10-11H,4-5,7-8H2,1H3. The summed E-state index contributed by atoms with van der Waals surface area (Å²) in [5.74, 6) is 0.255. The highest BCUT2D eigenvalue weighted by molar-refractivity contribution is 5.66. The van der Waals surface area contributed by atoms with Gasteiger partial charge >= 0.3 is 5.69 Å². The Hall–Kier alpha value is -2.24. The van der Waals surface area contributed by atoms with Gasteiger partial charge in [0, 0.05) is 25.8 Å².